The number of carbonyl (C=O) groups excluding carboxylic acids is 1. The number of ether oxygens (including phenoxy) is 2. The maximum absolute atomic E-state index is 13.3. The Hall–Kier alpha value is -2.70. The third-order valence-corrected chi connectivity index (χ3v) is 3.35. The first-order chi connectivity index (χ1) is 11.5. The van der Waals surface area contributed by atoms with Gasteiger partial charge >= 0.3 is 23.9 Å². The number of alkyl halides is 6. The molecule has 0 amide bonds. The van der Waals surface area contributed by atoms with Crippen molar-refractivity contribution in [2.75, 3.05) is 6.61 Å². The van der Waals surface area contributed by atoms with Crippen LogP contribution in [0, 0.1) is 11.3 Å². The average Bonchev–Trinajstić information content (AvgIpc) is 2.51. The zero-order valence-corrected chi connectivity index (χ0v) is 12.5. The molecule has 0 saturated heterocycles. The highest BCUT2D eigenvalue weighted by molar-refractivity contribution is 6.18. The van der Waals surface area contributed by atoms with Gasteiger partial charge in [-0.25, -0.2) is 4.79 Å². The molecule has 0 aromatic heterocycles. The highest BCUT2D eigenvalue weighted by Gasteiger charge is 2.73. The van der Waals surface area contributed by atoms with Crippen LogP contribution in [0.15, 0.2) is 24.3 Å². The van der Waals surface area contributed by atoms with Crippen LogP contribution in [0.4, 0.5) is 26.3 Å². The van der Waals surface area contributed by atoms with Gasteiger partial charge in [0.25, 0.3) is 0 Å². The first kappa shape index (κ1) is 18.6. The molecule has 2 rings (SSSR count). The van der Waals surface area contributed by atoms with E-state index in [1.54, 1.807) is 6.07 Å². The molecule has 25 heavy (non-hydrogen) atoms. The van der Waals surface area contributed by atoms with Crippen molar-refractivity contribution in [3.63, 3.8) is 0 Å². The van der Waals surface area contributed by atoms with E-state index in [1.165, 1.54) is 6.92 Å². The van der Waals surface area contributed by atoms with Crippen molar-refractivity contribution in [1.29, 1.82) is 5.26 Å². The van der Waals surface area contributed by atoms with E-state index in [9.17, 15) is 31.1 Å². The van der Waals surface area contributed by atoms with Gasteiger partial charge in [0.15, 0.2) is 0 Å². The zero-order valence-electron chi connectivity index (χ0n) is 12.5. The van der Waals surface area contributed by atoms with E-state index >= 15 is 0 Å². The Morgan fingerprint density at radius 2 is 1.84 bits per heavy atom. The molecular weight excluding hydrogens is 356 g/mol. The largest absolute Gasteiger partial charge is 0.464 e. The van der Waals surface area contributed by atoms with E-state index in [2.05, 4.69) is 9.47 Å². The maximum Gasteiger partial charge on any atom is 0.441 e. The fourth-order valence-corrected chi connectivity index (χ4v) is 2.20. The number of benzene rings is 1. The Kier molecular flexibility index (Phi) is 4.46. The molecule has 0 aliphatic carbocycles. The molecule has 1 aromatic carbocycles. The second-order valence-electron chi connectivity index (χ2n) is 4.93. The molecule has 1 aliphatic rings. The summed E-state index contributed by atoms with van der Waals surface area (Å²) < 4.78 is 88.4. The van der Waals surface area contributed by atoms with Gasteiger partial charge < -0.3 is 9.47 Å². The molecule has 0 saturated carbocycles. The standard InChI is InChI=1S/C15H9F6NO3/c1-2-24-12(23)10-6-13(14(16,17)18,15(19,20)21)25-11-4-3-8(7-22)5-9(10)11/h3-6H,2H2,1H3. The Labute approximate surface area is 137 Å². The van der Waals surface area contributed by atoms with Crippen molar-refractivity contribution in [2.45, 2.75) is 24.9 Å². The quantitative estimate of drug-likeness (QED) is 0.592. The summed E-state index contributed by atoms with van der Waals surface area (Å²) in [5, 5.41) is 8.84. The molecule has 0 bridgehead atoms. The lowest BCUT2D eigenvalue weighted by Gasteiger charge is -2.38. The van der Waals surface area contributed by atoms with Crippen LogP contribution in [-0.4, -0.2) is 30.5 Å². The van der Waals surface area contributed by atoms with Crippen molar-refractivity contribution in [1.82, 2.24) is 0 Å². The summed E-state index contributed by atoms with van der Waals surface area (Å²) in [5.41, 5.74) is -6.15. The SMILES string of the molecule is CCOC(=O)C1=CC(C(F)(F)F)(C(F)(F)F)Oc2ccc(C#N)cc21. The van der Waals surface area contributed by atoms with E-state index in [0.717, 1.165) is 18.2 Å². The number of nitriles is 1. The molecule has 1 aliphatic heterocycles. The number of hydrogen-bond donors (Lipinski definition) is 0. The summed E-state index contributed by atoms with van der Waals surface area (Å²) in [6, 6.07) is 4.37. The lowest BCUT2D eigenvalue weighted by atomic mass is 9.90. The van der Waals surface area contributed by atoms with Crippen LogP contribution in [-0.2, 0) is 9.53 Å². The molecule has 0 atom stereocenters. The van der Waals surface area contributed by atoms with Crippen molar-refractivity contribution in [3.05, 3.63) is 35.4 Å². The smallest absolute Gasteiger partial charge is 0.441 e. The molecule has 0 fully saturated rings. The number of nitrogens with zero attached hydrogens (tertiary/aromatic N) is 1. The molecule has 1 heterocycles. The molecule has 0 spiro atoms. The lowest BCUT2D eigenvalue weighted by Crippen LogP contribution is -2.60. The Balaban J connectivity index is 2.79. The molecule has 4 nitrogen and oxygen atoms in total. The first-order valence-electron chi connectivity index (χ1n) is 6.74. The van der Waals surface area contributed by atoms with E-state index in [0.29, 0.717) is 0 Å². The molecule has 134 valence electrons. The number of halogens is 6. The molecule has 10 heteroatoms. The molecule has 0 N–H and O–H groups in total. The zero-order chi connectivity index (χ0) is 19.0. The van der Waals surface area contributed by atoms with Gasteiger partial charge in [-0.05, 0) is 31.2 Å². The van der Waals surface area contributed by atoms with Crippen LogP contribution in [0.3, 0.4) is 0 Å². The predicted octanol–water partition coefficient (Wildman–Crippen LogP) is 3.76. The number of hydrogen-bond acceptors (Lipinski definition) is 4. The second kappa shape index (κ2) is 5.98. The van der Waals surface area contributed by atoms with Gasteiger partial charge in [-0.15, -0.1) is 0 Å². The molecule has 0 radical (unpaired) electrons. The summed E-state index contributed by atoms with van der Waals surface area (Å²) in [7, 11) is 0. The highest BCUT2D eigenvalue weighted by Crippen LogP contribution is 2.52. The summed E-state index contributed by atoms with van der Waals surface area (Å²) in [5.74, 6) is -2.22. The maximum atomic E-state index is 13.3. The summed E-state index contributed by atoms with van der Waals surface area (Å²) in [6.07, 6.45) is -12.1. The third-order valence-electron chi connectivity index (χ3n) is 3.35. The van der Waals surface area contributed by atoms with Crippen molar-refractivity contribution < 1.29 is 40.6 Å². The minimum Gasteiger partial charge on any atom is -0.464 e. The monoisotopic (exact) mass is 365 g/mol. The van der Waals surface area contributed by atoms with Gasteiger partial charge in [-0.2, -0.15) is 31.6 Å². The van der Waals surface area contributed by atoms with Gasteiger partial charge in [0.2, 0.25) is 0 Å². The molecule has 0 unspecified atom stereocenters. The summed E-state index contributed by atoms with van der Waals surface area (Å²) in [6.45, 7) is 1.07. The van der Waals surface area contributed by atoms with Gasteiger partial charge in [-0.1, -0.05) is 0 Å². The predicted molar refractivity (Wildman–Crippen MR) is 71.2 cm³/mol. The van der Waals surface area contributed by atoms with Crippen LogP contribution >= 0.6 is 0 Å². The van der Waals surface area contributed by atoms with E-state index in [1.807, 2.05) is 0 Å². The van der Waals surface area contributed by atoms with E-state index < -0.39 is 35.2 Å². The Morgan fingerprint density at radius 1 is 1.24 bits per heavy atom. The number of fused-ring (bicyclic) bond motifs is 1. The number of carbonyl (C=O) groups is 1. The van der Waals surface area contributed by atoms with Crippen molar-refractivity contribution in [2.24, 2.45) is 0 Å². The minimum absolute atomic E-state index is 0.0796. The van der Waals surface area contributed by atoms with Crippen LogP contribution in [0.2, 0.25) is 0 Å². The third kappa shape index (κ3) is 3.01. The summed E-state index contributed by atoms with van der Waals surface area (Å²) >= 11 is 0. The van der Waals surface area contributed by atoms with E-state index in [-0.39, 0.29) is 23.8 Å². The number of esters is 1. The summed E-state index contributed by atoms with van der Waals surface area (Å²) in [4.78, 5) is 11.9. The minimum atomic E-state index is -5.89. The second-order valence-corrected chi connectivity index (χ2v) is 4.93. The fraction of sp³-hybridized carbons (Fsp3) is 0.333. The van der Waals surface area contributed by atoms with Crippen LogP contribution in [0.5, 0.6) is 5.75 Å². The van der Waals surface area contributed by atoms with Crippen LogP contribution in [0.25, 0.3) is 5.57 Å². The Bertz CT molecular complexity index is 759. The normalized spacial score (nSPS) is 16.2. The topological polar surface area (TPSA) is 59.3 Å². The molecular formula is C15H9F6NO3. The highest BCUT2D eigenvalue weighted by atomic mass is 19.4. The van der Waals surface area contributed by atoms with Gasteiger partial charge in [0.05, 0.1) is 23.8 Å². The lowest BCUT2D eigenvalue weighted by molar-refractivity contribution is -0.338. The van der Waals surface area contributed by atoms with Gasteiger partial charge in [-0.3, -0.25) is 0 Å². The van der Waals surface area contributed by atoms with Crippen molar-refractivity contribution in [3.8, 4) is 11.8 Å². The molecule has 1 aromatic rings. The van der Waals surface area contributed by atoms with Crippen LogP contribution in [0.1, 0.15) is 18.1 Å². The van der Waals surface area contributed by atoms with Gasteiger partial charge in [0.1, 0.15) is 5.75 Å². The average molecular weight is 365 g/mol. The fourth-order valence-electron chi connectivity index (χ4n) is 2.20. The van der Waals surface area contributed by atoms with Crippen LogP contribution < -0.4 is 4.74 Å². The van der Waals surface area contributed by atoms with Crippen molar-refractivity contribution >= 4 is 11.5 Å². The van der Waals surface area contributed by atoms with Gasteiger partial charge in [0, 0.05) is 5.56 Å². The Morgan fingerprint density at radius 3 is 2.32 bits per heavy atom. The number of rotatable bonds is 2. The van der Waals surface area contributed by atoms with E-state index in [4.69, 9.17) is 5.26 Å². The first-order valence-corrected chi connectivity index (χ1v) is 6.74.